The molecule has 0 spiro atoms. The van der Waals surface area contributed by atoms with Gasteiger partial charge in [0, 0.05) is 21.8 Å². The van der Waals surface area contributed by atoms with E-state index in [-0.39, 0.29) is 28.9 Å². The highest BCUT2D eigenvalue weighted by atomic mass is 32.2. The molecule has 3 aromatic rings. The summed E-state index contributed by atoms with van der Waals surface area (Å²) >= 11 is 0. The molecule has 11 heteroatoms. The van der Waals surface area contributed by atoms with Gasteiger partial charge in [0.2, 0.25) is 0 Å². The maximum Gasteiger partial charge on any atom is 0.194 e. The molecule has 2 aliphatic rings. The number of nitrogens with zero attached hydrogens (tertiary/aromatic N) is 3. The largest absolute Gasteiger partial charge is 0.395 e. The zero-order chi connectivity index (χ0) is 27.9. The Balaban J connectivity index is 1.49. The maximum atomic E-state index is 13.8. The normalized spacial score (nSPS) is 28.8. The molecule has 0 bridgehead atoms. The average molecular weight is 566 g/mol. The zero-order valence-electron chi connectivity index (χ0n) is 21.6. The van der Waals surface area contributed by atoms with E-state index in [1.807, 2.05) is 31.2 Å². The van der Waals surface area contributed by atoms with Crippen LogP contribution in [-0.4, -0.2) is 70.8 Å². The van der Waals surface area contributed by atoms with Crippen LogP contribution in [0.3, 0.4) is 0 Å². The highest BCUT2D eigenvalue weighted by molar-refractivity contribution is 8.18. The van der Waals surface area contributed by atoms with Gasteiger partial charge in [-0.05, 0) is 43.0 Å². The second kappa shape index (κ2) is 11.2. The second-order valence-electron chi connectivity index (χ2n) is 10.8. The van der Waals surface area contributed by atoms with Gasteiger partial charge in [0.25, 0.3) is 0 Å². The Morgan fingerprint density at radius 1 is 1.08 bits per heavy atom. The Kier molecular flexibility index (Phi) is 8.08. The van der Waals surface area contributed by atoms with E-state index in [0.717, 1.165) is 42.5 Å². The summed E-state index contributed by atoms with van der Waals surface area (Å²) in [5, 5.41) is 52.3. The Morgan fingerprint density at radius 3 is 2.38 bits per heavy atom. The molecule has 0 radical (unpaired) electrons. The fraction of sp³-hybridized carbons (Fsp3) is 0.500. The van der Waals surface area contributed by atoms with Crippen LogP contribution in [0.15, 0.2) is 42.6 Å². The van der Waals surface area contributed by atoms with Crippen LogP contribution in [0, 0.1) is 24.4 Å². The van der Waals surface area contributed by atoms with Gasteiger partial charge in [-0.25, -0.2) is 28.7 Å². The number of aliphatic hydroxyl groups is 4. The molecule has 39 heavy (non-hydrogen) atoms. The van der Waals surface area contributed by atoms with Crippen LogP contribution in [0.1, 0.15) is 54.5 Å². The van der Waals surface area contributed by atoms with E-state index in [1.165, 1.54) is 10.9 Å². The predicted octanol–water partition coefficient (Wildman–Crippen LogP) is 3.75. The van der Waals surface area contributed by atoms with Crippen molar-refractivity contribution in [2.24, 2.45) is 0 Å². The standard InChI is InChI=1S/C28H34F3N3O4S/c1-16-7-3-4-8-18(16)27(28(38)9-5-2-6-10-28)39-15-22(36)25(26(37)23(39)14-35)34-13-21(32-33-34)17-11-19(29)24(31)20(30)12-17/h3-4,7-8,11-13,22-23,25-27,35-39H,2,5-6,9-10,14-15H2,1H3/t22-,23+,25-,26-,27+/m0/s1. The average Bonchev–Trinajstić information content (AvgIpc) is 3.38. The molecule has 4 N–H and O–H groups in total. The lowest BCUT2D eigenvalue weighted by atomic mass is 9.79. The van der Waals surface area contributed by atoms with E-state index < -0.39 is 57.4 Å². The SMILES string of the molecule is Cc1ccccc1[C@@H]([SH]1C[C@H](O)[C@H](n2cc(-c3cc(F)c(F)c(F)c3)nn2)[C@@H](O)[C@H]1CO)C1(O)CCCCC1. The van der Waals surface area contributed by atoms with E-state index in [2.05, 4.69) is 10.3 Å². The third-order valence-corrected chi connectivity index (χ3v) is 11.8. The molecule has 1 saturated heterocycles. The third kappa shape index (κ3) is 5.22. The molecule has 7 nitrogen and oxygen atoms in total. The van der Waals surface area contributed by atoms with Crippen LogP contribution in [0.25, 0.3) is 11.3 Å². The van der Waals surface area contributed by atoms with Crippen LogP contribution < -0.4 is 0 Å². The quantitative estimate of drug-likeness (QED) is 0.230. The number of rotatable bonds is 6. The van der Waals surface area contributed by atoms with E-state index in [0.29, 0.717) is 12.8 Å². The topological polar surface area (TPSA) is 112 Å². The molecule has 5 rings (SSSR count). The maximum absolute atomic E-state index is 13.8. The summed E-state index contributed by atoms with van der Waals surface area (Å²) in [6, 6.07) is 8.42. The first-order chi connectivity index (χ1) is 18.6. The van der Waals surface area contributed by atoms with Gasteiger partial charge in [-0.2, -0.15) is 0 Å². The minimum atomic E-state index is -1.59. The Hall–Kier alpha value is -2.44. The monoisotopic (exact) mass is 565 g/mol. The van der Waals surface area contributed by atoms with E-state index >= 15 is 0 Å². The first-order valence-electron chi connectivity index (χ1n) is 13.2. The first-order valence-corrected chi connectivity index (χ1v) is 14.9. The van der Waals surface area contributed by atoms with Crippen LogP contribution in [-0.2, 0) is 0 Å². The summed E-state index contributed by atoms with van der Waals surface area (Å²) in [6.45, 7) is 1.62. The highest BCUT2D eigenvalue weighted by Gasteiger charge is 2.51. The summed E-state index contributed by atoms with van der Waals surface area (Å²) in [4.78, 5) is 0. The smallest absolute Gasteiger partial charge is 0.194 e. The van der Waals surface area contributed by atoms with Crippen molar-refractivity contribution in [3.63, 3.8) is 0 Å². The fourth-order valence-electron chi connectivity index (χ4n) is 6.32. The van der Waals surface area contributed by atoms with Crippen molar-refractivity contribution in [3.05, 3.63) is 71.2 Å². The fourth-order valence-corrected chi connectivity index (χ4v) is 10.1. The lowest BCUT2D eigenvalue weighted by molar-refractivity contribution is -0.00734. The number of hydrogen-bond donors (Lipinski definition) is 5. The summed E-state index contributed by atoms with van der Waals surface area (Å²) in [7, 11) is -1.31. The van der Waals surface area contributed by atoms with Crippen molar-refractivity contribution in [1.82, 2.24) is 15.0 Å². The molecule has 1 aliphatic carbocycles. The predicted molar refractivity (Wildman–Crippen MR) is 143 cm³/mol. The van der Waals surface area contributed by atoms with E-state index in [4.69, 9.17) is 0 Å². The molecule has 1 unspecified atom stereocenters. The third-order valence-electron chi connectivity index (χ3n) is 8.29. The molecular weight excluding hydrogens is 531 g/mol. The lowest BCUT2D eigenvalue weighted by Gasteiger charge is -2.53. The summed E-state index contributed by atoms with van der Waals surface area (Å²) < 4.78 is 42.2. The first kappa shape index (κ1) is 28.1. The van der Waals surface area contributed by atoms with Gasteiger partial charge in [-0.3, -0.25) is 0 Å². The minimum absolute atomic E-state index is 0.0369. The number of aromatic nitrogens is 3. The van der Waals surface area contributed by atoms with Gasteiger partial charge >= 0.3 is 0 Å². The summed E-state index contributed by atoms with van der Waals surface area (Å²) in [6.07, 6.45) is 3.01. The molecule has 2 heterocycles. The van der Waals surface area contributed by atoms with Crippen LogP contribution >= 0.6 is 10.9 Å². The summed E-state index contributed by atoms with van der Waals surface area (Å²) in [5.41, 5.74) is 0.944. The van der Waals surface area contributed by atoms with Crippen molar-refractivity contribution < 1.29 is 33.6 Å². The Bertz CT molecular complexity index is 1300. The number of halogens is 3. The van der Waals surface area contributed by atoms with Crippen molar-refractivity contribution in [1.29, 1.82) is 0 Å². The highest BCUT2D eigenvalue weighted by Crippen LogP contribution is 2.60. The molecule has 2 fully saturated rings. The molecule has 1 aliphatic heterocycles. The van der Waals surface area contributed by atoms with Gasteiger partial charge in [0.15, 0.2) is 17.5 Å². The zero-order valence-corrected chi connectivity index (χ0v) is 22.5. The Labute approximate surface area is 227 Å². The number of aryl methyl sites for hydroxylation is 1. The molecule has 1 aromatic heterocycles. The van der Waals surface area contributed by atoms with Crippen molar-refractivity contribution >= 4 is 10.9 Å². The van der Waals surface area contributed by atoms with Gasteiger partial charge < -0.3 is 20.4 Å². The molecule has 1 saturated carbocycles. The van der Waals surface area contributed by atoms with Crippen LogP contribution in [0.5, 0.6) is 0 Å². The van der Waals surface area contributed by atoms with Gasteiger partial charge in [-0.1, -0.05) is 48.7 Å². The number of benzene rings is 2. The summed E-state index contributed by atoms with van der Waals surface area (Å²) in [5.74, 6) is -4.10. The van der Waals surface area contributed by atoms with E-state index in [9.17, 15) is 33.6 Å². The van der Waals surface area contributed by atoms with Crippen molar-refractivity contribution in [3.8, 4) is 11.3 Å². The van der Waals surface area contributed by atoms with Crippen LogP contribution in [0.4, 0.5) is 13.2 Å². The Morgan fingerprint density at radius 2 is 1.74 bits per heavy atom. The molecule has 6 atom stereocenters. The van der Waals surface area contributed by atoms with Gasteiger partial charge in [0.05, 0.1) is 30.6 Å². The lowest BCUT2D eigenvalue weighted by Crippen LogP contribution is -2.53. The van der Waals surface area contributed by atoms with Gasteiger partial charge in [0.1, 0.15) is 11.7 Å². The van der Waals surface area contributed by atoms with Gasteiger partial charge in [-0.15, -0.1) is 5.10 Å². The van der Waals surface area contributed by atoms with Crippen molar-refractivity contribution in [2.45, 2.75) is 73.4 Å². The second-order valence-corrected chi connectivity index (χ2v) is 13.3. The molecule has 0 amide bonds. The number of hydrogen-bond acceptors (Lipinski definition) is 6. The van der Waals surface area contributed by atoms with Crippen molar-refractivity contribution in [2.75, 3.05) is 12.4 Å². The van der Waals surface area contributed by atoms with E-state index in [1.54, 1.807) is 0 Å². The molecular formula is C28H34F3N3O4S. The number of thiol groups is 1. The number of aliphatic hydroxyl groups excluding tert-OH is 3. The van der Waals surface area contributed by atoms with Crippen LogP contribution in [0.2, 0.25) is 0 Å². The molecule has 212 valence electrons. The molecule has 2 aromatic carbocycles. The minimum Gasteiger partial charge on any atom is -0.395 e.